The molecule has 1 atom stereocenters. The van der Waals surface area contributed by atoms with Crippen LogP contribution in [-0.4, -0.2) is 38.5 Å². The lowest BCUT2D eigenvalue weighted by atomic mass is 10.2. The second-order valence-corrected chi connectivity index (χ2v) is 5.67. The molecule has 2 N–H and O–H groups in total. The van der Waals surface area contributed by atoms with Crippen molar-refractivity contribution in [2.24, 2.45) is 0 Å². The van der Waals surface area contributed by atoms with Crippen LogP contribution in [0.5, 0.6) is 0 Å². The summed E-state index contributed by atoms with van der Waals surface area (Å²) in [4.78, 5) is 2.09. The van der Waals surface area contributed by atoms with Gasteiger partial charge in [0.25, 0.3) is 0 Å². The molecule has 1 fully saturated rings. The van der Waals surface area contributed by atoms with Crippen molar-refractivity contribution in [3.63, 3.8) is 0 Å². The van der Waals surface area contributed by atoms with Crippen LogP contribution in [0, 0.1) is 0 Å². The van der Waals surface area contributed by atoms with Crippen molar-refractivity contribution < 1.29 is 4.74 Å². The molecule has 0 unspecified atom stereocenters. The van der Waals surface area contributed by atoms with E-state index in [2.05, 4.69) is 39.8 Å². The molecule has 1 aliphatic heterocycles. The van der Waals surface area contributed by atoms with Gasteiger partial charge in [-0.1, -0.05) is 12.1 Å². The van der Waals surface area contributed by atoms with Gasteiger partial charge < -0.3 is 20.3 Å². The fourth-order valence-corrected chi connectivity index (χ4v) is 2.32. The quantitative estimate of drug-likeness (QED) is 0.811. The monoisotopic (exact) mass is 293 g/mol. The molecule has 1 aromatic rings. The number of nitrogens with one attached hydrogen (secondary N) is 2. The summed E-state index contributed by atoms with van der Waals surface area (Å²) in [7, 11) is 4.08. The van der Waals surface area contributed by atoms with Crippen LogP contribution in [0.2, 0.25) is 0 Å². The summed E-state index contributed by atoms with van der Waals surface area (Å²) in [5.41, 5.74) is 2.42. The Hall–Kier alpha value is -1.33. The molecule has 0 amide bonds. The summed E-state index contributed by atoms with van der Waals surface area (Å²) < 4.78 is 5.55. The number of ether oxygens (including phenoxy) is 1. The van der Waals surface area contributed by atoms with Crippen molar-refractivity contribution in [3.8, 4) is 0 Å². The van der Waals surface area contributed by atoms with Crippen molar-refractivity contribution >= 4 is 23.0 Å². The Bertz CT molecular complexity index is 427. The number of thiocarbonyl (C=S) groups is 1. The van der Waals surface area contributed by atoms with Crippen LogP contribution in [0.3, 0.4) is 0 Å². The largest absolute Gasteiger partial charge is 0.378 e. The normalized spacial score (nSPS) is 17.8. The van der Waals surface area contributed by atoms with E-state index in [9.17, 15) is 0 Å². The summed E-state index contributed by atoms with van der Waals surface area (Å²) >= 11 is 5.27. The predicted molar refractivity (Wildman–Crippen MR) is 87.2 cm³/mol. The predicted octanol–water partition coefficient (Wildman–Crippen LogP) is 1.90. The number of anilines is 1. The van der Waals surface area contributed by atoms with Crippen LogP contribution >= 0.6 is 12.2 Å². The molecule has 1 heterocycles. The molecule has 0 saturated carbocycles. The number of nitrogens with zero attached hydrogens (tertiary/aromatic N) is 1. The molecule has 2 rings (SSSR count). The first-order valence-electron chi connectivity index (χ1n) is 7.05. The molecule has 4 nitrogen and oxygen atoms in total. The Morgan fingerprint density at radius 2 is 2.05 bits per heavy atom. The number of benzene rings is 1. The van der Waals surface area contributed by atoms with Gasteiger partial charge in [-0.2, -0.15) is 0 Å². The molecule has 0 aliphatic carbocycles. The summed E-state index contributed by atoms with van der Waals surface area (Å²) in [6, 6.07) is 8.45. The molecule has 110 valence electrons. The van der Waals surface area contributed by atoms with Crippen LogP contribution in [0.1, 0.15) is 18.4 Å². The van der Waals surface area contributed by atoms with Gasteiger partial charge in [0.05, 0.1) is 6.10 Å². The average Bonchev–Trinajstić information content (AvgIpc) is 2.96. The van der Waals surface area contributed by atoms with Crippen molar-refractivity contribution in [2.45, 2.75) is 25.5 Å². The van der Waals surface area contributed by atoms with E-state index in [1.165, 1.54) is 11.3 Å². The van der Waals surface area contributed by atoms with Gasteiger partial charge in [-0.15, -0.1) is 0 Å². The summed E-state index contributed by atoms with van der Waals surface area (Å²) in [6.45, 7) is 2.42. The molecule has 0 spiro atoms. The highest BCUT2D eigenvalue weighted by Crippen LogP contribution is 2.12. The zero-order valence-electron chi connectivity index (χ0n) is 12.2. The summed E-state index contributed by atoms with van der Waals surface area (Å²) in [5.74, 6) is 0. The minimum Gasteiger partial charge on any atom is -0.378 e. The fraction of sp³-hybridized carbons (Fsp3) is 0.533. The first-order valence-corrected chi connectivity index (χ1v) is 7.45. The number of rotatable bonds is 5. The minimum atomic E-state index is 0.314. The maximum Gasteiger partial charge on any atom is 0.166 e. The van der Waals surface area contributed by atoms with Crippen molar-refractivity contribution in [1.82, 2.24) is 10.6 Å². The van der Waals surface area contributed by atoms with Gasteiger partial charge in [0.1, 0.15) is 0 Å². The molecule has 0 radical (unpaired) electrons. The van der Waals surface area contributed by atoms with Gasteiger partial charge in [0.2, 0.25) is 0 Å². The molecule has 1 saturated heterocycles. The van der Waals surface area contributed by atoms with E-state index in [1.54, 1.807) is 0 Å². The third kappa shape index (κ3) is 4.65. The Morgan fingerprint density at radius 3 is 2.65 bits per heavy atom. The fourth-order valence-electron chi connectivity index (χ4n) is 2.17. The standard InChI is InChI=1S/C15H23N3OS/c1-18(2)13-7-5-12(6-8-13)10-16-15(20)17-11-14-4-3-9-19-14/h5-8,14H,3-4,9-11H2,1-2H3,(H2,16,17,20)/t14-/m0/s1. The highest BCUT2D eigenvalue weighted by molar-refractivity contribution is 7.80. The van der Waals surface area contributed by atoms with E-state index in [0.29, 0.717) is 11.2 Å². The van der Waals surface area contributed by atoms with Crippen LogP contribution in [0.15, 0.2) is 24.3 Å². The lowest BCUT2D eigenvalue weighted by Gasteiger charge is -2.15. The van der Waals surface area contributed by atoms with Crippen LogP contribution < -0.4 is 15.5 Å². The third-order valence-corrected chi connectivity index (χ3v) is 3.71. The number of hydrogen-bond donors (Lipinski definition) is 2. The summed E-state index contributed by atoms with van der Waals surface area (Å²) in [5, 5.41) is 7.13. The van der Waals surface area contributed by atoms with Crippen LogP contribution in [0.4, 0.5) is 5.69 Å². The molecule has 20 heavy (non-hydrogen) atoms. The Labute approximate surface area is 126 Å². The molecule has 1 aliphatic rings. The maximum absolute atomic E-state index is 5.55. The molecule has 0 bridgehead atoms. The zero-order chi connectivity index (χ0) is 14.4. The molecule has 1 aromatic carbocycles. The van der Waals surface area contributed by atoms with E-state index in [0.717, 1.165) is 32.5 Å². The highest BCUT2D eigenvalue weighted by atomic mass is 32.1. The SMILES string of the molecule is CN(C)c1ccc(CNC(=S)NC[C@@H]2CCCO2)cc1. The molecular formula is C15H23N3OS. The zero-order valence-corrected chi connectivity index (χ0v) is 13.0. The Balaban J connectivity index is 1.69. The van der Waals surface area contributed by atoms with Crippen molar-refractivity contribution in [3.05, 3.63) is 29.8 Å². The second kappa shape index (κ2) is 7.45. The second-order valence-electron chi connectivity index (χ2n) is 5.26. The first-order chi connectivity index (χ1) is 9.65. The lowest BCUT2D eigenvalue weighted by Crippen LogP contribution is -2.39. The van der Waals surface area contributed by atoms with Gasteiger partial charge in [-0.05, 0) is 42.8 Å². The first kappa shape index (κ1) is 15.1. The minimum absolute atomic E-state index is 0.314. The van der Waals surface area contributed by atoms with Crippen LogP contribution in [0.25, 0.3) is 0 Å². The highest BCUT2D eigenvalue weighted by Gasteiger charge is 2.15. The lowest BCUT2D eigenvalue weighted by molar-refractivity contribution is 0.114. The maximum atomic E-state index is 5.55. The van der Waals surface area contributed by atoms with Crippen LogP contribution in [-0.2, 0) is 11.3 Å². The summed E-state index contributed by atoms with van der Waals surface area (Å²) in [6.07, 6.45) is 2.60. The van der Waals surface area contributed by atoms with Crippen molar-refractivity contribution in [1.29, 1.82) is 0 Å². The van der Waals surface area contributed by atoms with Gasteiger partial charge in [-0.25, -0.2) is 0 Å². The molecule has 0 aromatic heterocycles. The van der Waals surface area contributed by atoms with Gasteiger partial charge in [0.15, 0.2) is 5.11 Å². The van der Waals surface area contributed by atoms with Crippen molar-refractivity contribution in [2.75, 3.05) is 32.1 Å². The van der Waals surface area contributed by atoms with E-state index in [1.807, 2.05) is 14.1 Å². The van der Waals surface area contributed by atoms with E-state index < -0.39 is 0 Å². The smallest absolute Gasteiger partial charge is 0.166 e. The van der Waals surface area contributed by atoms with E-state index in [4.69, 9.17) is 17.0 Å². The Kier molecular flexibility index (Phi) is 5.61. The molecule has 5 heteroatoms. The third-order valence-electron chi connectivity index (χ3n) is 3.42. The van der Waals surface area contributed by atoms with Gasteiger partial charge >= 0.3 is 0 Å². The van der Waals surface area contributed by atoms with Gasteiger partial charge in [-0.3, -0.25) is 0 Å². The Morgan fingerprint density at radius 1 is 1.30 bits per heavy atom. The van der Waals surface area contributed by atoms with E-state index >= 15 is 0 Å². The van der Waals surface area contributed by atoms with Gasteiger partial charge in [0, 0.05) is 39.5 Å². The topological polar surface area (TPSA) is 36.5 Å². The average molecular weight is 293 g/mol. The van der Waals surface area contributed by atoms with E-state index in [-0.39, 0.29) is 0 Å². The molecular weight excluding hydrogens is 270 g/mol. The number of hydrogen-bond acceptors (Lipinski definition) is 3.